The van der Waals surface area contributed by atoms with Gasteiger partial charge in [0, 0.05) is 30.3 Å². The first-order chi connectivity index (χ1) is 20.1. The number of ether oxygens (including phenoxy) is 1. The number of hydrogen-bond acceptors (Lipinski definition) is 8. The van der Waals surface area contributed by atoms with Crippen molar-refractivity contribution < 1.29 is 13.9 Å². The highest BCUT2D eigenvalue weighted by molar-refractivity contribution is 5.99. The molecule has 1 unspecified atom stereocenters. The van der Waals surface area contributed by atoms with E-state index in [1.807, 2.05) is 51.0 Å². The van der Waals surface area contributed by atoms with Crippen LogP contribution in [0.1, 0.15) is 32.7 Å². The van der Waals surface area contributed by atoms with Crippen molar-refractivity contribution in [1.82, 2.24) is 29.5 Å². The monoisotopic (exact) mass is 568 g/mol. The molecule has 216 valence electrons. The number of amides is 1. The Morgan fingerprint density at radius 3 is 2.64 bits per heavy atom. The van der Waals surface area contributed by atoms with Gasteiger partial charge in [0.05, 0.1) is 11.4 Å². The van der Waals surface area contributed by atoms with Crippen molar-refractivity contribution in [3.8, 4) is 28.8 Å². The van der Waals surface area contributed by atoms with E-state index in [0.717, 1.165) is 0 Å². The molecule has 11 heteroatoms. The molecule has 2 aromatic heterocycles. The molecule has 3 heterocycles. The Morgan fingerprint density at radius 1 is 1.19 bits per heavy atom. The van der Waals surface area contributed by atoms with Gasteiger partial charge < -0.3 is 20.3 Å². The molecular formula is C31H33FN8O2. The first kappa shape index (κ1) is 28.7. The average Bonchev–Trinajstić information content (AvgIpc) is 3.37. The molecule has 0 radical (unpaired) electrons. The Hall–Kier alpha value is -4.82. The first-order valence-corrected chi connectivity index (χ1v) is 13.7. The molecule has 0 aliphatic carbocycles. The zero-order valence-electron chi connectivity index (χ0n) is 24.1. The number of likely N-dealkylation sites (N-methyl/N-ethyl adjacent to an activating group) is 1. The molecule has 1 amide bonds. The van der Waals surface area contributed by atoms with Crippen molar-refractivity contribution in [3.63, 3.8) is 0 Å². The van der Waals surface area contributed by atoms with Crippen LogP contribution in [0.25, 0.3) is 22.3 Å². The molecule has 2 N–H and O–H groups in total. The minimum absolute atomic E-state index is 0.0896. The summed E-state index contributed by atoms with van der Waals surface area (Å²) in [4.78, 5) is 25.6. The number of nitrogen functional groups attached to an aromatic ring is 1. The predicted molar refractivity (Wildman–Crippen MR) is 158 cm³/mol. The maximum absolute atomic E-state index is 15.5. The number of nitrogens with zero attached hydrogens (tertiary/aromatic N) is 7. The van der Waals surface area contributed by atoms with E-state index < -0.39 is 11.4 Å². The third kappa shape index (κ3) is 5.66. The highest BCUT2D eigenvalue weighted by atomic mass is 19.1. The van der Waals surface area contributed by atoms with Crippen LogP contribution >= 0.6 is 0 Å². The second kappa shape index (κ2) is 11.6. The number of anilines is 1. The van der Waals surface area contributed by atoms with Gasteiger partial charge in [0.1, 0.15) is 46.8 Å². The van der Waals surface area contributed by atoms with Crippen molar-refractivity contribution in [2.75, 3.05) is 32.9 Å². The van der Waals surface area contributed by atoms with E-state index in [1.54, 1.807) is 39.9 Å². The fraction of sp³-hybridized carbons (Fsp3) is 0.323. The Bertz CT molecular complexity index is 1690. The molecule has 1 fully saturated rings. The lowest BCUT2D eigenvalue weighted by Crippen LogP contribution is -2.43. The lowest BCUT2D eigenvalue weighted by atomic mass is 9.98. The lowest BCUT2D eigenvalue weighted by molar-refractivity contribution is -0.128. The molecular weight excluding hydrogens is 535 g/mol. The number of halogens is 1. The Morgan fingerprint density at radius 2 is 1.95 bits per heavy atom. The summed E-state index contributed by atoms with van der Waals surface area (Å²) >= 11 is 0. The average molecular weight is 569 g/mol. The van der Waals surface area contributed by atoms with E-state index in [2.05, 4.69) is 16.0 Å². The van der Waals surface area contributed by atoms with Crippen molar-refractivity contribution >= 4 is 22.8 Å². The van der Waals surface area contributed by atoms with Gasteiger partial charge in [-0.2, -0.15) is 10.4 Å². The molecule has 1 atom stereocenters. The van der Waals surface area contributed by atoms with Gasteiger partial charge in [-0.3, -0.25) is 4.79 Å². The van der Waals surface area contributed by atoms with Crippen LogP contribution in [0.3, 0.4) is 0 Å². The molecule has 0 spiro atoms. The molecule has 0 bridgehead atoms. The minimum atomic E-state index is -0.536. The molecule has 5 rings (SSSR count). The molecule has 42 heavy (non-hydrogen) atoms. The summed E-state index contributed by atoms with van der Waals surface area (Å²) in [6.07, 6.45) is 4.45. The number of piperidine rings is 1. The maximum Gasteiger partial charge on any atom is 0.264 e. The Labute approximate surface area is 243 Å². The van der Waals surface area contributed by atoms with Crippen LogP contribution in [0.15, 0.2) is 66.5 Å². The quantitative estimate of drug-likeness (QED) is 0.245. The summed E-state index contributed by atoms with van der Waals surface area (Å²) in [5.41, 5.74) is 6.86. The van der Waals surface area contributed by atoms with Crippen LogP contribution in [-0.2, 0) is 4.79 Å². The van der Waals surface area contributed by atoms with Crippen molar-refractivity contribution in [2.24, 2.45) is 0 Å². The van der Waals surface area contributed by atoms with E-state index >= 15 is 4.39 Å². The van der Waals surface area contributed by atoms with E-state index in [4.69, 9.17) is 15.6 Å². The highest BCUT2D eigenvalue weighted by Gasteiger charge is 2.31. The third-order valence-corrected chi connectivity index (χ3v) is 7.72. The number of carbonyl (C=O) groups excluding carboxylic acids is 1. The van der Waals surface area contributed by atoms with E-state index in [1.165, 1.54) is 12.4 Å². The molecule has 0 saturated carbocycles. The van der Waals surface area contributed by atoms with Gasteiger partial charge in [-0.25, -0.2) is 19.0 Å². The van der Waals surface area contributed by atoms with E-state index in [9.17, 15) is 10.1 Å². The largest absolute Gasteiger partial charge is 0.457 e. The zero-order chi connectivity index (χ0) is 30.0. The maximum atomic E-state index is 15.5. The van der Waals surface area contributed by atoms with Gasteiger partial charge in [-0.05, 0) is 71.1 Å². The number of carbonyl (C=O) groups is 1. The standard InChI is InChI=1S/C31H33FN8O2/c1-31(2,38(3)4)16-20(17-33)30(41)39-14-8-9-21(18-39)40-29-26(28(34)35-19-36-29)27(37-40)24-13-12-23(15-25(24)32)42-22-10-6-5-7-11-22/h5-7,10-13,15-16,19,21H,8-9,14,18H2,1-4H3,(H2,34,35,36). The van der Waals surface area contributed by atoms with Crippen LogP contribution in [0.5, 0.6) is 11.5 Å². The Kier molecular flexibility index (Phi) is 7.91. The predicted octanol–water partition coefficient (Wildman–Crippen LogP) is 4.96. The van der Waals surface area contributed by atoms with Gasteiger partial charge in [0.15, 0.2) is 5.65 Å². The lowest BCUT2D eigenvalue weighted by Gasteiger charge is -2.34. The van der Waals surface area contributed by atoms with Gasteiger partial charge in [0.25, 0.3) is 5.91 Å². The molecule has 2 aromatic carbocycles. The smallest absolute Gasteiger partial charge is 0.264 e. The normalized spacial score (nSPS) is 16.1. The second-order valence-corrected chi connectivity index (χ2v) is 11.1. The number of nitriles is 1. The number of hydrogen-bond donors (Lipinski definition) is 1. The number of para-hydroxylation sites is 1. The number of rotatable bonds is 7. The van der Waals surface area contributed by atoms with Crippen LogP contribution < -0.4 is 10.5 Å². The molecule has 10 nitrogen and oxygen atoms in total. The number of benzene rings is 2. The Balaban J connectivity index is 1.48. The van der Waals surface area contributed by atoms with E-state index in [-0.39, 0.29) is 28.9 Å². The SMILES string of the molecule is CN(C)C(C)(C)C=C(C#N)C(=O)N1CCCC(n2nc(-c3ccc(Oc4ccccc4)cc3F)c3c(N)ncnc32)C1. The van der Waals surface area contributed by atoms with E-state index in [0.29, 0.717) is 54.2 Å². The van der Waals surface area contributed by atoms with Crippen molar-refractivity contribution in [3.05, 3.63) is 72.3 Å². The zero-order valence-corrected chi connectivity index (χ0v) is 24.1. The molecule has 1 aliphatic heterocycles. The van der Waals surface area contributed by atoms with Crippen LogP contribution in [0, 0.1) is 17.1 Å². The third-order valence-electron chi connectivity index (χ3n) is 7.72. The molecule has 1 saturated heterocycles. The number of aromatic nitrogens is 4. The number of nitrogens with two attached hydrogens (primary N) is 1. The number of likely N-dealkylation sites (tertiary alicyclic amines) is 1. The van der Waals surface area contributed by atoms with Crippen molar-refractivity contribution in [1.29, 1.82) is 5.26 Å². The highest BCUT2D eigenvalue weighted by Crippen LogP contribution is 2.36. The van der Waals surface area contributed by atoms with Crippen LogP contribution in [0.2, 0.25) is 0 Å². The summed E-state index contributed by atoms with van der Waals surface area (Å²) in [6.45, 7) is 4.71. The second-order valence-electron chi connectivity index (χ2n) is 11.1. The van der Waals surface area contributed by atoms with Gasteiger partial charge in [-0.15, -0.1) is 0 Å². The van der Waals surface area contributed by atoms with Gasteiger partial charge in [0.2, 0.25) is 0 Å². The summed E-state index contributed by atoms with van der Waals surface area (Å²) in [7, 11) is 3.79. The van der Waals surface area contributed by atoms with Crippen LogP contribution in [0.4, 0.5) is 10.2 Å². The molecule has 4 aromatic rings. The summed E-state index contributed by atoms with van der Waals surface area (Å²) in [5.74, 6) is 0.243. The van der Waals surface area contributed by atoms with Crippen LogP contribution in [-0.4, -0.2) is 68.2 Å². The minimum Gasteiger partial charge on any atom is -0.457 e. The fourth-order valence-corrected chi connectivity index (χ4v) is 4.95. The van der Waals surface area contributed by atoms with Gasteiger partial charge in [-0.1, -0.05) is 18.2 Å². The number of fused-ring (bicyclic) bond motifs is 1. The summed E-state index contributed by atoms with van der Waals surface area (Å²) < 4.78 is 23.0. The fourth-order valence-electron chi connectivity index (χ4n) is 4.95. The first-order valence-electron chi connectivity index (χ1n) is 13.7. The summed E-state index contributed by atoms with van der Waals surface area (Å²) in [6, 6.07) is 15.5. The van der Waals surface area contributed by atoms with Gasteiger partial charge >= 0.3 is 0 Å². The topological polar surface area (TPSA) is 126 Å². The van der Waals surface area contributed by atoms with Crippen molar-refractivity contribution in [2.45, 2.75) is 38.3 Å². The molecule has 1 aliphatic rings. The summed E-state index contributed by atoms with van der Waals surface area (Å²) in [5, 5.41) is 15.0.